The molecule has 126 valence electrons. The van der Waals surface area contributed by atoms with Gasteiger partial charge in [-0.1, -0.05) is 31.0 Å². The van der Waals surface area contributed by atoms with Crippen molar-refractivity contribution in [1.82, 2.24) is 4.90 Å². The van der Waals surface area contributed by atoms with E-state index in [4.69, 9.17) is 4.74 Å². The highest BCUT2D eigenvalue weighted by Crippen LogP contribution is 2.50. The number of hydrogen-bond acceptors (Lipinski definition) is 3. The predicted molar refractivity (Wildman–Crippen MR) is 89.3 cm³/mol. The molecule has 1 aromatic rings. The maximum Gasteiger partial charge on any atom is 0.219 e. The van der Waals surface area contributed by atoms with Gasteiger partial charge in [0, 0.05) is 24.9 Å². The molecule has 0 aromatic heterocycles. The Hall–Kier alpha value is -1.55. The van der Waals surface area contributed by atoms with Gasteiger partial charge in [-0.15, -0.1) is 0 Å². The highest BCUT2D eigenvalue weighted by Gasteiger charge is 2.50. The summed E-state index contributed by atoms with van der Waals surface area (Å²) >= 11 is 0. The Morgan fingerprint density at radius 1 is 1.35 bits per heavy atom. The van der Waals surface area contributed by atoms with Crippen LogP contribution in [-0.2, 0) is 4.79 Å². The number of nitrogens with zero attached hydrogens (tertiary/aromatic N) is 1. The van der Waals surface area contributed by atoms with Crippen LogP contribution in [0.3, 0.4) is 0 Å². The minimum atomic E-state index is -0.645. The van der Waals surface area contributed by atoms with Crippen LogP contribution in [0.1, 0.15) is 57.6 Å². The Labute approximate surface area is 138 Å². The molecule has 4 heteroatoms. The second kappa shape index (κ2) is 6.52. The normalized spacial score (nSPS) is 30.7. The van der Waals surface area contributed by atoms with Gasteiger partial charge in [0.1, 0.15) is 5.75 Å². The van der Waals surface area contributed by atoms with Crippen molar-refractivity contribution in [3.63, 3.8) is 0 Å². The van der Waals surface area contributed by atoms with E-state index >= 15 is 0 Å². The zero-order valence-corrected chi connectivity index (χ0v) is 14.1. The highest BCUT2D eigenvalue weighted by atomic mass is 16.5. The second-order valence-electron chi connectivity index (χ2n) is 6.83. The standard InChI is InChI=1S/C19H27NO3/c1-3-23-17-10-5-4-8-15(17)18-16-9-6-7-11-19(16,22)12-13-20(18)14(2)21/h4-5,8,10,16,18,22H,3,6-7,9,11-13H2,1-2H3/t16-,18+,19+/m1/s1. The van der Waals surface area contributed by atoms with E-state index < -0.39 is 5.60 Å². The fourth-order valence-corrected chi connectivity index (χ4v) is 4.43. The molecule has 1 amide bonds. The van der Waals surface area contributed by atoms with E-state index in [1.54, 1.807) is 6.92 Å². The lowest BCUT2D eigenvalue weighted by molar-refractivity contribution is -0.153. The van der Waals surface area contributed by atoms with Crippen molar-refractivity contribution in [1.29, 1.82) is 0 Å². The molecule has 0 radical (unpaired) electrons. The Morgan fingerprint density at radius 3 is 2.87 bits per heavy atom. The number of fused-ring (bicyclic) bond motifs is 1. The molecule has 0 bridgehead atoms. The van der Waals surface area contributed by atoms with Crippen molar-refractivity contribution in [2.24, 2.45) is 5.92 Å². The van der Waals surface area contributed by atoms with Crippen LogP contribution in [0.5, 0.6) is 5.75 Å². The quantitative estimate of drug-likeness (QED) is 0.930. The highest BCUT2D eigenvalue weighted by molar-refractivity contribution is 5.74. The van der Waals surface area contributed by atoms with Crippen molar-refractivity contribution >= 4 is 5.91 Å². The smallest absolute Gasteiger partial charge is 0.219 e. The average Bonchev–Trinajstić information content (AvgIpc) is 2.54. The third kappa shape index (κ3) is 2.97. The molecule has 0 unspecified atom stereocenters. The molecule has 23 heavy (non-hydrogen) atoms. The summed E-state index contributed by atoms with van der Waals surface area (Å²) in [4.78, 5) is 14.2. The molecule has 1 saturated carbocycles. The van der Waals surface area contributed by atoms with Gasteiger partial charge in [0.2, 0.25) is 5.91 Å². The predicted octanol–water partition coefficient (Wildman–Crippen LogP) is 3.30. The number of para-hydroxylation sites is 1. The number of benzene rings is 1. The van der Waals surface area contributed by atoms with E-state index in [0.29, 0.717) is 19.6 Å². The molecule has 2 fully saturated rings. The lowest BCUT2D eigenvalue weighted by Crippen LogP contribution is -2.55. The van der Waals surface area contributed by atoms with E-state index in [1.807, 2.05) is 36.1 Å². The topological polar surface area (TPSA) is 49.8 Å². The van der Waals surface area contributed by atoms with Crippen molar-refractivity contribution in [3.05, 3.63) is 29.8 Å². The van der Waals surface area contributed by atoms with Crippen molar-refractivity contribution in [2.45, 2.75) is 57.6 Å². The summed E-state index contributed by atoms with van der Waals surface area (Å²) in [5.41, 5.74) is 0.392. The van der Waals surface area contributed by atoms with Gasteiger partial charge in [-0.2, -0.15) is 0 Å². The van der Waals surface area contributed by atoms with Crippen LogP contribution in [0.15, 0.2) is 24.3 Å². The monoisotopic (exact) mass is 317 g/mol. The van der Waals surface area contributed by atoms with Crippen LogP contribution in [-0.4, -0.2) is 34.7 Å². The minimum Gasteiger partial charge on any atom is -0.494 e. The largest absolute Gasteiger partial charge is 0.494 e. The van der Waals surface area contributed by atoms with Crippen molar-refractivity contribution < 1.29 is 14.6 Å². The number of ether oxygens (including phenoxy) is 1. The molecule has 0 spiro atoms. The molecule has 1 saturated heterocycles. The summed E-state index contributed by atoms with van der Waals surface area (Å²) in [5.74, 6) is 1.01. The van der Waals surface area contributed by atoms with Gasteiger partial charge in [-0.25, -0.2) is 0 Å². The van der Waals surface area contributed by atoms with Crippen LogP contribution < -0.4 is 4.74 Å². The summed E-state index contributed by atoms with van der Waals surface area (Å²) in [5, 5.41) is 11.2. The van der Waals surface area contributed by atoms with E-state index in [-0.39, 0.29) is 17.9 Å². The van der Waals surface area contributed by atoms with Gasteiger partial charge in [0.15, 0.2) is 0 Å². The third-order valence-electron chi connectivity index (χ3n) is 5.51. The summed E-state index contributed by atoms with van der Waals surface area (Å²) in [6, 6.07) is 7.88. The van der Waals surface area contributed by atoms with Crippen LogP contribution in [0, 0.1) is 5.92 Å². The van der Waals surface area contributed by atoms with Crippen molar-refractivity contribution in [2.75, 3.05) is 13.2 Å². The second-order valence-corrected chi connectivity index (χ2v) is 6.83. The van der Waals surface area contributed by atoms with Gasteiger partial charge in [0.25, 0.3) is 0 Å². The fraction of sp³-hybridized carbons (Fsp3) is 0.632. The van der Waals surface area contributed by atoms with Gasteiger partial charge < -0.3 is 14.7 Å². The van der Waals surface area contributed by atoms with Crippen LogP contribution in [0.4, 0.5) is 0 Å². The number of rotatable bonds is 3. The lowest BCUT2D eigenvalue weighted by Gasteiger charge is -2.52. The Bertz CT molecular complexity index is 573. The molecule has 3 rings (SSSR count). The Kier molecular flexibility index (Phi) is 4.62. The molecule has 1 aliphatic heterocycles. The zero-order valence-electron chi connectivity index (χ0n) is 14.1. The number of carbonyl (C=O) groups is 1. The first kappa shape index (κ1) is 16.3. The van der Waals surface area contributed by atoms with E-state index in [9.17, 15) is 9.90 Å². The first-order valence-corrected chi connectivity index (χ1v) is 8.78. The number of piperidine rings is 1. The molecule has 4 nitrogen and oxygen atoms in total. The molecule has 2 aliphatic rings. The molecule has 1 N–H and O–H groups in total. The van der Waals surface area contributed by atoms with Gasteiger partial charge in [0.05, 0.1) is 18.2 Å². The molecular weight excluding hydrogens is 290 g/mol. The fourth-order valence-electron chi connectivity index (χ4n) is 4.43. The maximum atomic E-state index is 12.2. The molecule has 1 aliphatic carbocycles. The average molecular weight is 317 g/mol. The Balaban J connectivity index is 2.05. The van der Waals surface area contributed by atoms with E-state index in [2.05, 4.69) is 0 Å². The third-order valence-corrected chi connectivity index (χ3v) is 5.51. The summed E-state index contributed by atoms with van der Waals surface area (Å²) < 4.78 is 5.81. The van der Waals surface area contributed by atoms with Crippen LogP contribution in [0.25, 0.3) is 0 Å². The molecule has 1 heterocycles. The molecule has 3 atom stereocenters. The first-order chi connectivity index (χ1) is 11.1. The van der Waals surface area contributed by atoms with Gasteiger partial charge >= 0.3 is 0 Å². The Morgan fingerprint density at radius 2 is 2.13 bits per heavy atom. The minimum absolute atomic E-state index is 0.0777. The summed E-state index contributed by atoms with van der Waals surface area (Å²) in [6.45, 7) is 4.81. The lowest BCUT2D eigenvalue weighted by atomic mass is 9.66. The molecule has 1 aromatic carbocycles. The maximum absolute atomic E-state index is 12.2. The van der Waals surface area contributed by atoms with Crippen molar-refractivity contribution in [3.8, 4) is 5.75 Å². The SMILES string of the molecule is CCOc1ccccc1[C@H]1[C@H]2CCCC[C@]2(O)CCN1C(C)=O. The number of amides is 1. The van der Waals surface area contributed by atoms with E-state index in [1.165, 1.54) is 0 Å². The number of carbonyl (C=O) groups excluding carboxylic acids is 1. The number of aliphatic hydroxyl groups is 1. The van der Waals surface area contributed by atoms with Gasteiger partial charge in [-0.3, -0.25) is 4.79 Å². The number of hydrogen-bond donors (Lipinski definition) is 1. The zero-order chi connectivity index (χ0) is 16.4. The molecular formula is C19H27NO3. The van der Waals surface area contributed by atoms with Gasteiger partial charge in [-0.05, 0) is 32.3 Å². The van der Waals surface area contributed by atoms with Crippen LogP contribution >= 0.6 is 0 Å². The number of likely N-dealkylation sites (tertiary alicyclic amines) is 1. The summed E-state index contributed by atoms with van der Waals surface area (Å²) in [7, 11) is 0. The first-order valence-electron chi connectivity index (χ1n) is 8.78. The van der Waals surface area contributed by atoms with Crippen LogP contribution in [0.2, 0.25) is 0 Å². The van der Waals surface area contributed by atoms with E-state index in [0.717, 1.165) is 37.0 Å². The summed E-state index contributed by atoms with van der Waals surface area (Å²) in [6.07, 6.45) is 4.69.